The van der Waals surface area contributed by atoms with E-state index in [1.54, 1.807) is 18.3 Å². The molecule has 2 aromatic carbocycles. The fraction of sp³-hybridized carbons (Fsp3) is 0.258. The van der Waals surface area contributed by atoms with E-state index in [0.29, 0.717) is 17.3 Å². The maximum atomic E-state index is 13.3. The molecule has 2 atom stereocenters. The Morgan fingerprint density at radius 2 is 1.82 bits per heavy atom. The zero-order valence-electron chi connectivity index (χ0n) is 22.3. The van der Waals surface area contributed by atoms with Crippen molar-refractivity contribution in [2.24, 2.45) is 0 Å². The van der Waals surface area contributed by atoms with Gasteiger partial charge >= 0.3 is 0 Å². The second kappa shape index (κ2) is 11.4. The van der Waals surface area contributed by atoms with Crippen LogP contribution in [0.15, 0.2) is 79.0 Å². The van der Waals surface area contributed by atoms with Gasteiger partial charge in [-0.2, -0.15) is 0 Å². The number of hydrogen-bond donors (Lipinski definition) is 2. The molecule has 0 aliphatic carbocycles. The number of aromatic nitrogens is 2. The number of rotatable bonds is 8. The molecule has 0 radical (unpaired) electrons. The van der Waals surface area contributed by atoms with Crippen molar-refractivity contribution in [3.8, 4) is 5.69 Å². The van der Waals surface area contributed by atoms with E-state index in [-0.39, 0.29) is 30.2 Å². The van der Waals surface area contributed by atoms with Crippen molar-refractivity contribution in [1.29, 1.82) is 0 Å². The number of carbonyl (C=O) groups is 1. The Balaban J connectivity index is 1.45. The molecule has 1 amide bonds. The van der Waals surface area contributed by atoms with Crippen LogP contribution in [0.1, 0.15) is 53.6 Å². The van der Waals surface area contributed by atoms with Crippen molar-refractivity contribution < 1.29 is 9.18 Å². The van der Waals surface area contributed by atoms with E-state index in [0.717, 1.165) is 34.8 Å². The quantitative estimate of drug-likeness (QED) is 0.261. The summed E-state index contributed by atoms with van der Waals surface area (Å²) in [5.74, 6) is -0.505. The molecule has 39 heavy (non-hydrogen) atoms. The van der Waals surface area contributed by atoms with E-state index in [2.05, 4.69) is 76.2 Å². The Hall–Kier alpha value is -4.04. The maximum absolute atomic E-state index is 13.3. The predicted molar refractivity (Wildman–Crippen MR) is 156 cm³/mol. The largest absolute Gasteiger partial charge is 0.352 e. The number of carbonyl (C=O) groups excluding carboxylic acids is 1. The number of pyridine rings is 1. The highest BCUT2D eigenvalue weighted by atomic mass is 32.1. The molecule has 1 aliphatic rings. The molecule has 6 nitrogen and oxygen atoms in total. The molecule has 200 valence electrons. The molecule has 2 aromatic heterocycles. The van der Waals surface area contributed by atoms with E-state index in [9.17, 15) is 9.18 Å². The molecule has 1 aliphatic heterocycles. The minimum atomic E-state index is -0.344. The van der Waals surface area contributed by atoms with Crippen molar-refractivity contribution in [1.82, 2.24) is 19.8 Å². The first-order chi connectivity index (χ1) is 18.9. The molecule has 3 heterocycles. The third kappa shape index (κ3) is 5.56. The van der Waals surface area contributed by atoms with Crippen LogP contribution in [0.25, 0.3) is 5.69 Å². The molecule has 4 aromatic rings. The summed E-state index contributed by atoms with van der Waals surface area (Å²) in [6.45, 7) is 6.82. The van der Waals surface area contributed by atoms with Crippen molar-refractivity contribution in [3.05, 3.63) is 113 Å². The Morgan fingerprint density at radius 1 is 1.08 bits per heavy atom. The smallest absolute Gasteiger partial charge is 0.226 e. The molecule has 0 saturated carbocycles. The topological polar surface area (TPSA) is 62.2 Å². The summed E-state index contributed by atoms with van der Waals surface area (Å²) in [6, 6.07) is 22.2. The van der Waals surface area contributed by atoms with Crippen LogP contribution < -0.4 is 10.6 Å². The summed E-state index contributed by atoms with van der Waals surface area (Å²) < 4.78 is 15.5. The van der Waals surface area contributed by atoms with Gasteiger partial charge in [0.15, 0.2) is 5.11 Å². The maximum Gasteiger partial charge on any atom is 0.226 e. The number of hydrogen-bond acceptors (Lipinski definition) is 3. The monoisotopic (exact) mass is 541 g/mol. The molecule has 0 bridgehead atoms. The summed E-state index contributed by atoms with van der Waals surface area (Å²) in [7, 11) is 0. The van der Waals surface area contributed by atoms with Crippen molar-refractivity contribution >= 4 is 28.9 Å². The summed E-state index contributed by atoms with van der Waals surface area (Å²) >= 11 is 5.80. The van der Waals surface area contributed by atoms with Gasteiger partial charge in [0.25, 0.3) is 0 Å². The number of nitrogens with one attached hydrogen (secondary N) is 2. The van der Waals surface area contributed by atoms with Gasteiger partial charge in [0.2, 0.25) is 5.91 Å². The van der Waals surface area contributed by atoms with Crippen molar-refractivity contribution in [3.63, 3.8) is 0 Å². The van der Waals surface area contributed by atoms with E-state index in [4.69, 9.17) is 12.2 Å². The molecule has 0 unspecified atom stereocenters. The van der Waals surface area contributed by atoms with Gasteiger partial charge in [0.1, 0.15) is 5.82 Å². The van der Waals surface area contributed by atoms with Gasteiger partial charge in [0.05, 0.1) is 17.8 Å². The van der Waals surface area contributed by atoms with Crippen LogP contribution in [0.3, 0.4) is 0 Å². The molecular weight excluding hydrogens is 509 g/mol. The highest BCUT2D eigenvalue weighted by Gasteiger charge is 2.41. The van der Waals surface area contributed by atoms with E-state index < -0.39 is 0 Å². The van der Waals surface area contributed by atoms with Crippen LogP contribution in [-0.4, -0.2) is 32.0 Å². The van der Waals surface area contributed by atoms with Crippen molar-refractivity contribution in [2.45, 2.75) is 45.7 Å². The first-order valence-corrected chi connectivity index (χ1v) is 13.6. The molecule has 0 spiro atoms. The fourth-order valence-corrected chi connectivity index (χ4v) is 5.66. The lowest BCUT2D eigenvalue weighted by Crippen LogP contribution is -2.32. The molecule has 1 fully saturated rings. The number of nitrogens with zero attached hydrogens (tertiary/aromatic N) is 3. The van der Waals surface area contributed by atoms with Crippen LogP contribution in [0, 0.1) is 19.7 Å². The minimum Gasteiger partial charge on any atom is -0.352 e. The minimum absolute atomic E-state index is 0.152. The van der Waals surface area contributed by atoms with E-state index in [1.165, 1.54) is 17.7 Å². The number of aryl methyl sites for hydroxylation is 2. The number of anilines is 1. The number of halogens is 1. The lowest BCUT2D eigenvalue weighted by atomic mass is 9.96. The van der Waals surface area contributed by atoms with Crippen LogP contribution in [0.5, 0.6) is 0 Å². The number of thiocarbonyl (C=S) groups is 1. The normalized spacial score (nSPS) is 16.8. The third-order valence-corrected chi connectivity index (χ3v) is 7.65. The van der Waals surface area contributed by atoms with E-state index in [1.807, 2.05) is 18.2 Å². The Labute approximate surface area is 233 Å². The van der Waals surface area contributed by atoms with Gasteiger partial charge in [-0.1, -0.05) is 25.1 Å². The summed E-state index contributed by atoms with van der Waals surface area (Å²) in [4.78, 5) is 19.5. The fourth-order valence-electron chi connectivity index (χ4n) is 5.33. The van der Waals surface area contributed by atoms with Crippen molar-refractivity contribution in [2.75, 3.05) is 11.9 Å². The Kier molecular flexibility index (Phi) is 7.74. The second-order valence-electron chi connectivity index (χ2n) is 9.81. The molecule has 2 N–H and O–H groups in total. The summed E-state index contributed by atoms with van der Waals surface area (Å²) in [5.41, 5.74) is 7.24. The van der Waals surface area contributed by atoms with Crippen LogP contribution >= 0.6 is 12.2 Å². The van der Waals surface area contributed by atoms with Gasteiger partial charge in [-0.3, -0.25) is 9.78 Å². The first-order valence-electron chi connectivity index (χ1n) is 13.2. The second-order valence-corrected chi connectivity index (χ2v) is 10.2. The zero-order chi connectivity index (χ0) is 27.5. The average Bonchev–Trinajstić information content (AvgIpc) is 3.43. The zero-order valence-corrected chi connectivity index (χ0v) is 23.1. The van der Waals surface area contributed by atoms with Gasteiger partial charge in [-0.25, -0.2) is 4.39 Å². The van der Waals surface area contributed by atoms with Crippen LogP contribution in [0.4, 0.5) is 10.1 Å². The Morgan fingerprint density at radius 3 is 2.49 bits per heavy atom. The van der Waals surface area contributed by atoms with Crippen LogP contribution in [0.2, 0.25) is 0 Å². The SMILES string of the molecule is CCc1ccc(-n2c(C)cc([C@@H]3[C@H](c4ccccn4)NC(=S)N3CCC(=O)Nc3ccc(F)cc3)c2C)cc1. The summed E-state index contributed by atoms with van der Waals surface area (Å²) in [5, 5.41) is 6.91. The Bertz CT molecular complexity index is 1470. The van der Waals surface area contributed by atoms with Gasteiger partial charge in [0, 0.05) is 41.9 Å². The highest BCUT2D eigenvalue weighted by molar-refractivity contribution is 7.80. The van der Waals surface area contributed by atoms with Gasteiger partial charge < -0.3 is 20.1 Å². The van der Waals surface area contributed by atoms with Gasteiger partial charge in [-0.05, 0) is 98.2 Å². The third-order valence-electron chi connectivity index (χ3n) is 7.30. The standard InChI is InChI=1S/C31H32FN5OS/c1-4-22-8-14-25(15-9-22)37-20(2)19-26(21(37)3)30-29(27-7-5-6-17-33-27)35-31(39)36(30)18-16-28(38)34-24-12-10-23(32)11-13-24/h5-15,17,19,29-30H,4,16,18H2,1-3H3,(H,34,38)(H,35,39)/t29-,30+/m0/s1. The average molecular weight is 542 g/mol. The van der Waals surface area contributed by atoms with Gasteiger partial charge in [-0.15, -0.1) is 0 Å². The molecule has 8 heteroatoms. The molecule has 1 saturated heterocycles. The highest BCUT2D eigenvalue weighted by Crippen LogP contribution is 2.41. The molecular formula is C31H32FN5OS. The number of amides is 1. The molecule has 5 rings (SSSR count). The first kappa shape index (κ1) is 26.6. The van der Waals surface area contributed by atoms with Crippen LogP contribution in [-0.2, 0) is 11.2 Å². The predicted octanol–water partition coefficient (Wildman–Crippen LogP) is 6.19. The lowest BCUT2D eigenvalue weighted by molar-refractivity contribution is -0.116. The number of benzene rings is 2. The summed E-state index contributed by atoms with van der Waals surface area (Å²) in [6.07, 6.45) is 3.01. The lowest BCUT2D eigenvalue weighted by Gasteiger charge is -2.28. The van der Waals surface area contributed by atoms with E-state index >= 15 is 0 Å².